The van der Waals surface area contributed by atoms with Crippen LogP contribution in [0.1, 0.15) is 16.7 Å². The van der Waals surface area contributed by atoms with Gasteiger partial charge < -0.3 is 45.2 Å². The molecule has 32 heavy (non-hydrogen) atoms. The van der Waals surface area contributed by atoms with Gasteiger partial charge in [0.05, 0.1) is 6.61 Å². The molecule has 1 saturated heterocycles. The highest BCUT2D eigenvalue weighted by Gasteiger charge is 2.56. The molecule has 1 aliphatic rings. The molecule has 2 aromatic rings. The average Bonchev–Trinajstić information content (AvgIpc) is 2.78. The zero-order valence-electron chi connectivity index (χ0n) is 16.8. The molecule has 0 saturated carbocycles. The summed E-state index contributed by atoms with van der Waals surface area (Å²) < 4.78 is 10.2. The Bertz CT molecular complexity index is 973. The van der Waals surface area contributed by atoms with Gasteiger partial charge in [-0.2, -0.15) is 0 Å². The molecular weight excluding hydrogens is 424 g/mol. The zero-order chi connectivity index (χ0) is 23.5. The third-order valence-electron chi connectivity index (χ3n) is 5.21. The van der Waals surface area contributed by atoms with Crippen molar-refractivity contribution in [3.8, 4) is 11.5 Å². The smallest absolute Gasteiger partial charge is 0.331 e. The number of phenols is 2. The first-order chi connectivity index (χ1) is 15.2. The minimum absolute atomic E-state index is 0.0373. The van der Waals surface area contributed by atoms with Gasteiger partial charge in [0.25, 0.3) is 0 Å². The van der Waals surface area contributed by atoms with Crippen LogP contribution in [-0.2, 0) is 26.5 Å². The van der Waals surface area contributed by atoms with Crippen LogP contribution in [0.15, 0.2) is 48.5 Å². The maximum Gasteiger partial charge on any atom is 0.331 e. The van der Waals surface area contributed by atoms with Gasteiger partial charge in [0.1, 0.15) is 36.4 Å². The van der Waals surface area contributed by atoms with E-state index in [0.29, 0.717) is 5.56 Å². The summed E-state index contributed by atoms with van der Waals surface area (Å²) in [5.74, 6) is -0.927. The second-order valence-corrected chi connectivity index (χ2v) is 7.34. The molecule has 0 spiro atoms. The molecule has 0 radical (unpaired) electrons. The quantitative estimate of drug-likeness (QED) is 0.225. The van der Waals surface area contributed by atoms with Crippen LogP contribution < -0.4 is 0 Å². The summed E-state index contributed by atoms with van der Waals surface area (Å²) in [6.07, 6.45) is -4.48. The molecule has 1 aliphatic heterocycles. The summed E-state index contributed by atoms with van der Waals surface area (Å²) in [6.45, 7) is -1.16. The second kappa shape index (κ2) is 9.65. The van der Waals surface area contributed by atoms with Gasteiger partial charge in [-0.25, -0.2) is 4.79 Å². The standard InChI is InChI=1S/C22H24O10/c23-10-17-19(27)20(28)22(30,21(29)32-17)16-7-6-15(25)9-13(16)11-31-18(26)8-3-12-1-4-14(24)5-2-12/h1-9,17,19-21,23-25,27-30H,10-11H2/b8-3+/t17-,19-,20+,21-,22-/m1/s1. The molecule has 0 bridgehead atoms. The van der Waals surface area contributed by atoms with Crippen molar-refractivity contribution in [2.45, 2.75) is 36.8 Å². The Hall–Kier alpha value is -2.99. The summed E-state index contributed by atoms with van der Waals surface area (Å²) in [5.41, 5.74) is -2.02. The predicted octanol–water partition coefficient (Wildman–Crippen LogP) is -0.527. The minimum Gasteiger partial charge on any atom is -0.508 e. The minimum atomic E-state index is -2.54. The SMILES string of the molecule is O=C(/C=C/c1ccc(O)cc1)OCc1cc(O)ccc1[C@]1(O)[C@H](O)O[C@H](CO)[C@@H](O)[C@@H]1O. The van der Waals surface area contributed by atoms with Crippen molar-refractivity contribution in [2.24, 2.45) is 0 Å². The number of carbonyl (C=O) groups is 1. The van der Waals surface area contributed by atoms with Gasteiger partial charge in [-0.3, -0.25) is 0 Å². The van der Waals surface area contributed by atoms with E-state index in [1.54, 1.807) is 12.1 Å². The predicted molar refractivity (Wildman–Crippen MR) is 109 cm³/mol. The third kappa shape index (κ3) is 4.75. The molecule has 1 fully saturated rings. The van der Waals surface area contributed by atoms with Crippen LogP contribution in [0.25, 0.3) is 6.08 Å². The number of aliphatic hydroxyl groups is 5. The van der Waals surface area contributed by atoms with Gasteiger partial charge in [-0.1, -0.05) is 18.2 Å². The van der Waals surface area contributed by atoms with E-state index in [-0.39, 0.29) is 22.6 Å². The van der Waals surface area contributed by atoms with Gasteiger partial charge >= 0.3 is 5.97 Å². The number of rotatable bonds is 6. The molecular formula is C22H24O10. The Balaban J connectivity index is 1.80. The van der Waals surface area contributed by atoms with Crippen molar-refractivity contribution in [2.75, 3.05) is 6.61 Å². The van der Waals surface area contributed by atoms with Gasteiger partial charge in [0.15, 0.2) is 11.9 Å². The van der Waals surface area contributed by atoms with Crippen molar-refractivity contribution < 1.29 is 50.0 Å². The fraction of sp³-hybridized carbons (Fsp3) is 0.318. The molecule has 3 rings (SSSR count). The van der Waals surface area contributed by atoms with Crippen molar-refractivity contribution in [3.05, 3.63) is 65.2 Å². The monoisotopic (exact) mass is 448 g/mol. The molecule has 2 aromatic carbocycles. The molecule has 0 amide bonds. The molecule has 5 atom stereocenters. The number of phenolic OH excluding ortho intramolecular Hbond substituents is 2. The van der Waals surface area contributed by atoms with E-state index in [4.69, 9.17) is 9.47 Å². The first-order valence-electron chi connectivity index (χ1n) is 9.66. The molecule has 10 nitrogen and oxygen atoms in total. The summed E-state index contributed by atoms with van der Waals surface area (Å²) in [4.78, 5) is 12.1. The topological polar surface area (TPSA) is 177 Å². The van der Waals surface area contributed by atoms with Gasteiger partial charge in [0, 0.05) is 6.08 Å². The van der Waals surface area contributed by atoms with E-state index in [9.17, 15) is 40.5 Å². The van der Waals surface area contributed by atoms with Crippen LogP contribution in [-0.4, -0.2) is 72.9 Å². The summed E-state index contributed by atoms with van der Waals surface area (Å²) in [6, 6.07) is 9.58. The van der Waals surface area contributed by atoms with Crippen molar-refractivity contribution in [1.29, 1.82) is 0 Å². The lowest BCUT2D eigenvalue weighted by atomic mass is 9.79. The molecule has 0 aromatic heterocycles. The normalized spacial score (nSPS) is 28.0. The van der Waals surface area contributed by atoms with Gasteiger partial charge in [0.2, 0.25) is 0 Å². The van der Waals surface area contributed by atoms with Crippen LogP contribution in [0.4, 0.5) is 0 Å². The number of hydrogen-bond donors (Lipinski definition) is 7. The fourth-order valence-electron chi connectivity index (χ4n) is 3.44. The lowest BCUT2D eigenvalue weighted by Crippen LogP contribution is -2.64. The highest BCUT2D eigenvalue weighted by atomic mass is 16.6. The Morgan fingerprint density at radius 1 is 1.06 bits per heavy atom. The molecule has 0 unspecified atom stereocenters. The van der Waals surface area contributed by atoms with Crippen molar-refractivity contribution >= 4 is 12.0 Å². The van der Waals surface area contributed by atoms with Crippen molar-refractivity contribution in [1.82, 2.24) is 0 Å². The number of ether oxygens (including phenoxy) is 2. The summed E-state index contributed by atoms with van der Waals surface area (Å²) >= 11 is 0. The van der Waals surface area contributed by atoms with E-state index >= 15 is 0 Å². The maximum atomic E-state index is 12.1. The van der Waals surface area contributed by atoms with Crippen LogP contribution in [0.3, 0.4) is 0 Å². The largest absolute Gasteiger partial charge is 0.508 e. The molecule has 0 aliphatic carbocycles. The van der Waals surface area contributed by atoms with Crippen molar-refractivity contribution in [3.63, 3.8) is 0 Å². The lowest BCUT2D eigenvalue weighted by Gasteiger charge is -2.46. The van der Waals surface area contributed by atoms with E-state index in [0.717, 1.165) is 12.1 Å². The Labute approximate surface area is 182 Å². The Kier molecular flexibility index (Phi) is 7.14. The summed E-state index contributed by atoms with van der Waals surface area (Å²) in [7, 11) is 0. The van der Waals surface area contributed by atoms with E-state index in [1.165, 1.54) is 30.3 Å². The third-order valence-corrected chi connectivity index (χ3v) is 5.21. The molecule has 172 valence electrons. The molecule has 10 heteroatoms. The van der Waals surface area contributed by atoms with E-state index in [1.807, 2.05) is 0 Å². The number of esters is 1. The number of hydrogen-bond acceptors (Lipinski definition) is 10. The van der Waals surface area contributed by atoms with Gasteiger partial charge in [-0.05, 0) is 47.0 Å². The van der Waals surface area contributed by atoms with Crippen LogP contribution in [0.5, 0.6) is 11.5 Å². The van der Waals surface area contributed by atoms with E-state index < -0.39 is 49.4 Å². The number of aliphatic hydroxyl groups excluding tert-OH is 4. The number of benzene rings is 2. The highest BCUT2D eigenvalue weighted by Crippen LogP contribution is 2.39. The fourth-order valence-corrected chi connectivity index (χ4v) is 3.44. The molecule has 7 N–H and O–H groups in total. The maximum absolute atomic E-state index is 12.1. The Morgan fingerprint density at radius 3 is 2.38 bits per heavy atom. The zero-order valence-corrected chi connectivity index (χ0v) is 16.8. The first kappa shape index (κ1) is 23.7. The first-order valence-corrected chi connectivity index (χ1v) is 9.66. The Morgan fingerprint density at radius 2 is 1.72 bits per heavy atom. The lowest BCUT2D eigenvalue weighted by molar-refractivity contribution is -0.335. The van der Waals surface area contributed by atoms with Crippen LogP contribution >= 0.6 is 0 Å². The second-order valence-electron chi connectivity index (χ2n) is 7.34. The number of aromatic hydroxyl groups is 2. The van der Waals surface area contributed by atoms with Crippen LogP contribution in [0, 0.1) is 0 Å². The molecule has 1 heterocycles. The van der Waals surface area contributed by atoms with E-state index in [2.05, 4.69) is 0 Å². The van der Waals surface area contributed by atoms with Gasteiger partial charge in [-0.15, -0.1) is 0 Å². The number of carbonyl (C=O) groups excluding carboxylic acids is 1. The average molecular weight is 448 g/mol. The van der Waals surface area contributed by atoms with Crippen LogP contribution in [0.2, 0.25) is 0 Å². The highest BCUT2D eigenvalue weighted by molar-refractivity contribution is 5.87. The summed E-state index contributed by atoms with van der Waals surface area (Å²) in [5, 5.41) is 70.3.